The Balaban J connectivity index is 2.27. The highest BCUT2D eigenvalue weighted by Gasteiger charge is 2.29. The number of rotatable bonds is 1. The molecule has 110 valence electrons. The first-order chi connectivity index (χ1) is 10.1. The number of fused-ring (bicyclic) bond motifs is 1. The van der Waals surface area contributed by atoms with Crippen molar-refractivity contribution in [2.24, 2.45) is 0 Å². The molecule has 0 saturated carbocycles. The number of aromatic nitrogens is 2. The van der Waals surface area contributed by atoms with Gasteiger partial charge in [0.15, 0.2) is 0 Å². The number of nitrogens with zero attached hydrogens (tertiary/aromatic N) is 2. The van der Waals surface area contributed by atoms with E-state index in [0.717, 1.165) is 59.0 Å². The van der Waals surface area contributed by atoms with Crippen LogP contribution in [0.25, 0.3) is 11.3 Å². The Bertz CT molecular complexity index is 730. The molecule has 0 radical (unpaired) electrons. The summed E-state index contributed by atoms with van der Waals surface area (Å²) in [4.78, 5) is 12.8. The zero-order valence-corrected chi connectivity index (χ0v) is 12.6. The largest absolute Gasteiger partial charge is 0.428 e. The third-order valence-electron chi connectivity index (χ3n) is 4.35. The number of aryl methyl sites for hydroxylation is 1. The first-order valence-electron chi connectivity index (χ1n) is 7.56. The van der Waals surface area contributed by atoms with E-state index in [2.05, 4.69) is 0 Å². The van der Waals surface area contributed by atoms with Crippen molar-refractivity contribution >= 4 is 0 Å². The van der Waals surface area contributed by atoms with Crippen LogP contribution in [0.5, 0.6) is 0 Å². The van der Waals surface area contributed by atoms with Gasteiger partial charge in [0.05, 0.1) is 9.99 Å². The maximum absolute atomic E-state index is 12.8. The fourth-order valence-corrected chi connectivity index (χ4v) is 3.12. The Morgan fingerprint density at radius 1 is 1.05 bits per heavy atom. The van der Waals surface area contributed by atoms with Crippen LogP contribution in [0.4, 0.5) is 0 Å². The summed E-state index contributed by atoms with van der Waals surface area (Å²) in [5.74, 6) is 0. The molecule has 0 bridgehead atoms. The molecule has 21 heavy (non-hydrogen) atoms. The van der Waals surface area contributed by atoms with E-state index in [0.29, 0.717) is 11.4 Å². The topological polar surface area (TPSA) is 48.1 Å². The third kappa shape index (κ3) is 2.35. The van der Waals surface area contributed by atoms with Crippen LogP contribution in [0.2, 0.25) is 0 Å². The minimum Gasteiger partial charge on any atom is -0.428 e. The van der Waals surface area contributed by atoms with E-state index in [4.69, 9.17) is 0 Å². The second kappa shape index (κ2) is 5.35. The lowest BCUT2D eigenvalue weighted by atomic mass is 10.1. The summed E-state index contributed by atoms with van der Waals surface area (Å²) in [5, 5.41) is 10.5. The molecule has 4 nitrogen and oxygen atoms in total. The first kappa shape index (κ1) is 13.9. The van der Waals surface area contributed by atoms with Crippen molar-refractivity contribution in [3.63, 3.8) is 0 Å². The highest BCUT2D eigenvalue weighted by atomic mass is 16.5. The zero-order chi connectivity index (χ0) is 15.0. The fraction of sp³-hybridized carbons (Fsp3) is 0.412. The molecule has 0 saturated heterocycles. The Kier molecular flexibility index (Phi) is 3.53. The van der Waals surface area contributed by atoms with E-state index >= 15 is 0 Å². The normalized spacial score (nSPS) is 14.6. The summed E-state index contributed by atoms with van der Waals surface area (Å²) in [6, 6.07) is 7.86. The van der Waals surface area contributed by atoms with Crippen LogP contribution in [-0.4, -0.2) is 9.94 Å². The Morgan fingerprint density at radius 2 is 1.71 bits per heavy atom. The van der Waals surface area contributed by atoms with Crippen molar-refractivity contribution in [2.45, 2.75) is 46.0 Å². The van der Waals surface area contributed by atoms with Crippen molar-refractivity contribution in [2.75, 3.05) is 0 Å². The van der Waals surface area contributed by atoms with Crippen LogP contribution < -0.4 is 4.43 Å². The predicted molar refractivity (Wildman–Crippen MR) is 81.2 cm³/mol. The van der Waals surface area contributed by atoms with Crippen molar-refractivity contribution in [1.82, 2.24) is 4.73 Å². The van der Waals surface area contributed by atoms with Crippen molar-refractivity contribution in [3.8, 4) is 11.3 Å². The van der Waals surface area contributed by atoms with Gasteiger partial charge in [-0.15, -0.1) is 0 Å². The molecule has 0 amide bonds. The summed E-state index contributed by atoms with van der Waals surface area (Å²) < 4.78 is 2.26. The number of hydrogen-bond acceptors (Lipinski definition) is 2. The molecule has 1 aliphatic rings. The predicted octanol–water partition coefficient (Wildman–Crippen LogP) is 3.19. The molecule has 0 fully saturated rings. The van der Waals surface area contributed by atoms with Gasteiger partial charge >= 0.3 is 0 Å². The quantitative estimate of drug-likeness (QED) is 0.497. The maximum atomic E-state index is 12.8. The molecule has 3 rings (SSSR count). The van der Waals surface area contributed by atoms with Gasteiger partial charge in [-0.3, -0.25) is 0 Å². The minimum absolute atomic E-state index is 0.554. The summed E-state index contributed by atoms with van der Waals surface area (Å²) >= 11 is 0. The van der Waals surface area contributed by atoms with Gasteiger partial charge in [-0.25, -0.2) is 0 Å². The van der Waals surface area contributed by atoms with E-state index in [1.807, 2.05) is 31.2 Å². The molecule has 2 aromatic rings. The lowest BCUT2D eigenvalue weighted by Crippen LogP contribution is -2.31. The Labute approximate surface area is 124 Å². The van der Waals surface area contributed by atoms with E-state index in [1.54, 1.807) is 6.92 Å². The monoisotopic (exact) mass is 285 g/mol. The molecule has 0 aliphatic heterocycles. The second-order valence-corrected chi connectivity index (χ2v) is 5.86. The second-order valence-electron chi connectivity index (χ2n) is 5.86. The molecule has 0 atom stereocenters. The molecule has 1 aliphatic carbocycles. The molecule has 1 aromatic heterocycles. The average molecular weight is 285 g/mol. The highest BCUT2D eigenvalue weighted by Crippen LogP contribution is 2.24. The number of hydrogen-bond donors (Lipinski definition) is 1. The summed E-state index contributed by atoms with van der Waals surface area (Å²) in [7, 11) is 0. The Morgan fingerprint density at radius 3 is 2.43 bits per heavy atom. The van der Waals surface area contributed by atoms with Crippen LogP contribution in [0.3, 0.4) is 0 Å². The van der Waals surface area contributed by atoms with Gasteiger partial charge in [0.2, 0.25) is 0 Å². The summed E-state index contributed by atoms with van der Waals surface area (Å²) in [5.41, 5.74) is 4.66. The summed E-state index contributed by atoms with van der Waals surface area (Å²) in [6.07, 6.45) is 4.64. The lowest BCUT2D eigenvalue weighted by molar-refractivity contribution is -0.495. The SMILES string of the molecule is Cc1ccc(-c2c(C)n(O)c3c([n+]2=O)CCCCC3)cc1. The van der Waals surface area contributed by atoms with Crippen LogP contribution in [0.15, 0.2) is 24.3 Å². The van der Waals surface area contributed by atoms with Crippen LogP contribution >= 0.6 is 0 Å². The van der Waals surface area contributed by atoms with Gasteiger partial charge in [-0.2, -0.15) is 4.73 Å². The van der Waals surface area contributed by atoms with E-state index in [1.165, 1.54) is 4.73 Å². The first-order valence-corrected chi connectivity index (χ1v) is 7.56. The van der Waals surface area contributed by atoms with E-state index in [9.17, 15) is 10.1 Å². The standard InChI is InChI=1S/C17H21N2O2/c1-12-8-10-14(11-9-12)17-13(2)18(20)15-6-4-3-5-7-16(15)19(17)21/h8-11,20H,3-7H2,1-2H3/q+1. The molecular weight excluding hydrogens is 264 g/mol. The zero-order valence-electron chi connectivity index (χ0n) is 12.6. The lowest BCUT2D eigenvalue weighted by Gasteiger charge is -2.10. The smallest absolute Gasteiger partial charge is 0.292 e. The molecule has 0 unspecified atom stereocenters. The molecule has 0 spiro atoms. The fourth-order valence-electron chi connectivity index (χ4n) is 3.12. The van der Waals surface area contributed by atoms with Gasteiger partial charge in [-0.1, -0.05) is 24.1 Å². The van der Waals surface area contributed by atoms with Crippen LogP contribution in [0, 0.1) is 18.8 Å². The third-order valence-corrected chi connectivity index (χ3v) is 4.35. The average Bonchev–Trinajstić information content (AvgIpc) is 2.73. The maximum Gasteiger partial charge on any atom is 0.292 e. The molecule has 1 heterocycles. The Hall–Kier alpha value is -2.10. The van der Waals surface area contributed by atoms with Crippen molar-refractivity contribution in [1.29, 1.82) is 0 Å². The van der Waals surface area contributed by atoms with Crippen molar-refractivity contribution in [3.05, 3.63) is 51.8 Å². The van der Waals surface area contributed by atoms with Gasteiger partial charge in [0, 0.05) is 11.3 Å². The molecule has 1 N–H and O–H groups in total. The molecular formula is C17H21N2O2+. The minimum atomic E-state index is 0.554. The van der Waals surface area contributed by atoms with Gasteiger partial charge in [0.25, 0.3) is 11.4 Å². The van der Waals surface area contributed by atoms with Crippen molar-refractivity contribution < 1.29 is 9.63 Å². The van der Waals surface area contributed by atoms with E-state index < -0.39 is 0 Å². The van der Waals surface area contributed by atoms with E-state index in [-0.39, 0.29) is 0 Å². The van der Waals surface area contributed by atoms with Gasteiger partial charge < -0.3 is 5.21 Å². The van der Waals surface area contributed by atoms with Crippen LogP contribution in [-0.2, 0) is 12.8 Å². The van der Waals surface area contributed by atoms with Gasteiger partial charge in [-0.05, 0) is 45.2 Å². The molecule has 4 heteroatoms. The highest BCUT2D eigenvalue weighted by molar-refractivity contribution is 5.59. The summed E-state index contributed by atoms with van der Waals surface area (Å²) in [6.45, 7) is 3.82. The van der Waals surface area contributed by atoms with Gasteiger partial charge in [0.1, 0.15) is 11.4 Å². The molecule has 1 aromatic carbocycles. The van der Waals surface area contributed by atoms with Crippen LogP contribution in [0.1, 0.15) is 41.9 Å². The number of benzene rings is 1.